The van der Waals surface area contributed by atoms with Crippen LogP contribution in [0.1, 0.15) is 116 Å². The van der Waals surface area contributed by atoms with Crippen LogP contribution in [0.5, 0.6) is 0 Å². The molecule has 0 heterocycles. The van der Waals surface area contributed by atoms with Crippen molar-refractivity contribution in [2.75, 3.05) is 51.3 Å². The summed E-state index contributed by atoms with van der Waals surface area (Å²) in [7, 11) is 0. The lowest BCUT2D eigenvalue weighted by atomic mass is 10.2. The Morgan fingerprint density at radius 3 is 1.15 bits per heavy atom. The van der Waals surface area contributed by atoms with Gasteiger partial charge in [-0.1, -0.05) is 15.9 Å². The lowest BCUT2D eigenvalue weighted by Crippen LogP contribution is -2.35. The van der Waals surface area contributed by atoms with Gasteiger partial charge in [0.25, 0.3) is 0 Å². The van der Waals surface area contributed by atoms with Crippen molar-refractivity contribution >= 4 is 52.4 Å². The number of hydrogen-bond donors (Lipinski definition) is 5. The van der Waals surface area contributed by atoms with Gasteiger partial charge in [0.05, 0.1) is 13.2 Å². The van der Waals surface area contributed by atoms with Crippen LogP contribution in [0.4, 0.5) is 19.2 Å². The zero-order chi connectivity index (χ0) is 43.6. The van der Waals surface area contributed by atoms with E-state index in [0.717, 1.165) is 6.42 Å². The lowest BCUT2D eigenvalue weighted by Gasteiger charge is -2.20. The molecule has 18 nitrogen and oxygen atoms in total. The highest BCUT2D eigenvalue weighted by molar-refractivity contribution is 9.09. The molecule has 19 heteroatoms. The van der Waals surface area contributed by atoms with E-state index in [1.807, 2.05) is 41.5 Å². The number of ether oxygens (including phenoxy) is 7. The molecule has 0 aliphatic carbocycles. The molecule has 0 bridgehead atoms. The summed E-state index contributed by atoms with van der Waals surface area (Å²) in [6, 6.07) is 0. The Kier molecular flexibility index (Phi) is 37.8. The highest BCUT2D eigenvalue weighted by Crippen LogP contribution is 2.12. The largest absolute Gasteiger partial charge is 0.519 e. The summed E-state index contributed by atoms with van der Waals surface area (Å²) in [5.41, 5.74) is 12.7. The maximum absolute atomic E-state index is 11.2. The number of alkyl halides is 1. The van der Waals surface area contributed by atoms with Crippen molar-refractivity contribution in [3.8, 4) is 0 Å². The molecule has 0 fully saturated rings. The number of carbonyl (C=O) groups is 6. The first kappa shape index (κ1) is 59.8. The van der Waals surface area contributed by atoms with E-state index in [2.05, 4.69) is 36.0 Å². The summed E-state index contributed by atoms with van der Waals surface area (Å²) in [4.78, 5) is 65.2. The van der Waals surface area contributed by atoms with Gasteiger partial charge >= 0.3 is 36.4 Å². The molecule has 8 N–H and O–H groups in total. The van der Waals surface area contributed by atoms with Crippen molar-refractivity contribution in [3.63, 3.8) is 0 Å². The Bertz CT molecular complexity index is 993. The van der Waals surface area contributed by atoms with Gasteiger partial charge in [0.15, 0.2) is 0 Å². The summed E-state index contributed by atoms with van der Waals surface area (Å²) < 4.78 is 33.1. The van der Waals surface area contributed by atoms with E-state index in [4.69, 9.17) is 40.9 Å². The maximum atomic E-state index is 11.2. The van der Waals surface area contributed by atoms with Crippen LogP contribution in [0, 0.1) is 0 Å². The van der Waals surface area contributed by atoms with E-state index >= 15 is 0 Å². The van der Waals surface area contributed by atoms with Crippen LogP contribution < -0.4 is 27.8 Å². The Labute approximate surface area is 331 Å². The van der Waals surface area contributed by atoms with Gasteiger partial charge in [0.2, 0.25) is 0 Å². The fourth-order valence-corrected chi connectivity index (χ4v) is 2.59. The SMILES string of the molecule is CC(C)(C)OC(=O)NCCN.CC(C)(C)OC(=O)OC(=O)OC(C)(C)C.CCOC(=O)CBr.CCOC(=O)CCCCNC(=O)OC(C)(C)C.NCCN. The van der Waals surface area contributed by atoms with Crippen LogP contribution in [0.25, 0.3) is 0 Å². The molecule has 0 aromatic carbocycles. The van der Waals surface area contributed by atoms with Crippen LogP contribution in [-0.2, 0) is 42.7 Å². The first-order valence-electron chi connectivity index (χ1n) is 17.6. The number of nitrogens with two attached hydrogens (primary N) is 3. The Morgan fingerprint density at radius 1 is 0.519 bits per heavy atom. The minimum absolute atomic E-state index is 0.190. The maximum Gasteiger partial charge on any atom is 0.519 e. The molecule has 0 aliphatic rings. The van der Waals surface area contributed by atoms with E-state index in [1.54, 1.807) is 55.4 Å². The Morgan fingerprint density at radius 2 is 0.870 bits per heavy atom. The quantitative estimate of drug-likeness (QED) is 0.0570. The Hall–Kier alpha value is -3.42. The van der Waals surface area contributed by atoms with Crippen molar-refractivity contribution in [2.24, 2.45) is 17.2 Å². The molecule has 0 atom stereocenters. The van der Waals surface area contributed by atoms with Crippen molar-refractivity contribution in [1.82, 2.24) is 10.6 Å². The van der Waals surface area contributed by atoms with Gasteiger partial charge < -0.3 is 61.0 Å². The number of carbonyl (C=O) groups excluding carboxylic acids is 6. The third-order valence-corrected chi connectivity index (χ3v) is 4.58. The number of hydrogen-bond acceptors (Lipinski definition) is 16. The molecule has 0 unspecified atom stereocenters. The molecule has 0 saturated carbocycles. The van der Waals surface area contributed by atoms with Gasteiger partial charge in [-0.2, -0.15) is 0 Å². The predicted molar refractivity (Wildman–Crippen MR) is 210 cm³/mol. The van der Waals surface area contributed by atoms with Gasteiger partial charge in [-0.05, 0) is 110 Å². The van der Waals surface area contributed by atoms with E-state index in [-0.39, 0.29) is 11.9 Å². The van der Waals surface area contributed by atoms with Crippen molar-refractivity contribution in [3.05, 3.63) is 0 Å². The summed E-state index contributed by atoms with van der Waals surface area (Å²) in [5, 5.41) is 5.43. The van der Waals surface area contributed by atoms with Crippen molar-refractivity contribution < 1.29 is 61.9 Å². The molecule has 0 aliphatic heterocycles. The molecule has 0 rings (SSSR count). The average Bonchev–Trinajstić information content (AvgIpc) is 2.97. The number of unbranched alkanes of at least 4 members (excludes halogenated alkanes) is 1. The van der Waals surface area contributed by atoms with Gasteiger partial charge in [0.1, 0.15) is 27.7 Å². The topological polar surface area (TPSA) is 269 Å². The van der Waals surface area contributed by atoms with Gasteiger partial charge in [0, 0.05) is 39.1 Å². The predicted octanol–water partition coefficient (Wildman–Crippen LogP) is 5.44. The molecular weight excluding hydrogens is 778 g/mol. The minimum Gasteiger partial charge on any atom is -0.466 e. The summed E-state index contributed by atoms with van der Waals surface area (Å²) in [6.45, 7) is 27.9. The van der Waals surface area contributed by atoms with E-state index in [9.17, 15) is 28.8 Å². The molecule has 0 saturated heterocycles. The van der Waals surface area contributed by atoms with E-state index < -0.39 is 46.9 Å². The zero-order valence-electron chi connectivity index (χ0n) is 35.2. The number of esters is 2. The fourth-order valence-electron chi connectivity index (χ4n) is 2.43. The fraction of sp³-hybridized carbons (Fsp3) is 0.829. The Balaban J connectivity index is -0.000000198. The van der Waals surface area contributed by atoms with Crippen LogP contribution in [0.2, 0.25) is 0 Å². The lowest BCUT2D eigenvalue weighted by molar-refractivity contribution is -0.143. The standard InChI is InChI=1S/C12H23NO4.C10H18O5.C7H16N2O2.C4H7BrO2.C2H8N2/c1-5-16-10(14)8-6-7-9-13-11(15)17-12(2,3)4;1-9(2,3)14-7(11)13-8(12)15-10(4,5)6;1-7(2,3)11-6(10)9-5-4-8;1-2-7-4(6)3-5;3-1-2-4/h5-9H2,1-4H3,(H,13,15);1-6H3;4-5,8H2,1-3H3,(H,9,10);2-3H2,1H3;1-4H2. The second kappa shape index (κ2) is 34.1. The monoisotopic (exact) mass is 849 g/mol. The third-order valence-electron chi connectivity index (χ3n) is 4.12. The summed E-state index contributed by atoms with van der Waals surface area (Å²) in [5.74, 6) is -0.396. The highest BCUT2D eigenvalue weighted by atomic mass is 79.9. The first-order chi connectivity index (χ1) is 24.5. The van der Waals surface area contributed by atoms with Crippen molar-refractivity contribution in [2.45, 2.75) is 139 Å². The van der Waals surface area contributed by atoms with Crippen LogP contribution in [0.15, 0.2) is 0 Å². The molecule has 54 heavy (non-hydrogen) atoms. The smallest absolute Gasteiger partial charge is 0.466 e. The third kappa shape index (κ3) is 63.6. The molecule has 0 aromatic rings. The van der Waals surface area contributed by atoms with E-state index in [1.165, 1.54) is 0 Å². The second-order valence-electron chi connectivity index (χ2n) is 14.5. The van der Waals surface area contributed by atoms with Crippen LogP contribution in [-0.4, -0.2) is 110 Å². The number of halogens is 1. The molecule has 322 valence electrons. The number of nitrogens with one attached hydrogen (secondary N) is 2. The highest BCUT2D eigenvalue weighted by Gasteiger charge is 2.24. The minimum atomic E-state index is -1.06. The summed E-state index contributed by atoms with van der Waals surface area (Å²) >= 11 is 2.94. The molecule has 0 radical (unpaired) electrons. The number of rotatable bonds is 11. The second-order valence-corrected chi connectivity index (χ2v) is 15.0. The zero-order valence-corrected chi connectivity index (χ0v) is 36.8. The number of amides is 2. The average molecular weight is 851 g/mol. The summed E-state index contributed by atoms with van der Waals surface area (Å²) in [6.07, 6.45) is -1.12. The normalized spacial score (nSPS) is 10.6. The molecular formula is C35H72BrN5O13. The van der Waals surface area contributed by atoms with Gasteiger partial charge in [-0.25, -0.2) is 19.2 Å². The van der Waals surface area contributed by atoms with Crippen LogP contribution in [0.3, 0.4) is 0 Å². The molecule has 2 amide bonds. The van der Waals surface area contributed by atoms with Crippen LogP contribution >= 0.6 is 15.9 Å². The number of alkyl carbamates (subject to hydrolysis) is 2. The van der Waals surface area contributed by atoms with Crippen molar-refractivity contribution in [1.29, 1.82) is 0 Å². The molecule has 0 spiro atoms. The molecule has 0 aromatic heterocycles. The first-order valence-corrected chi connectivity index (χ1v) is 18.7. The van der Waals surface area contributed by atoms with Gasteiger partial charge in [-0.15, -0.1) is 0 Å². The van der Waals surface area contributed by atoms with E-state index in [0.29, 0.717) is 64.1 Å². The van der Waals surface area contributed by atoms with Gasteiger partial charge in [-0.3, -0.25) is 9.59 Å².